The molecule has 0 fully saturated rings. The van der Waals surface area contributed by atoms with Crippen molar-refractivity contribution in [2.24, 2.45) is 5.10 Å². The SMILES string of the molecule is Cc1ccc(COc2c(Br)cc(/C=N/Nc3ccc([N+](=O)[O-])cn3)cc2Br)cc1. The fourth-order valence-electron chi connectivity index (χ4n) is 2.36. The van der Waals surface area contributed by atoms with Gasteiger partial charge in [0.1, 0.15) is 24.4 Å². The van der Waals surface area contributed by atoms with Gasteiger partial charge in [0.05, 0.1) is 20.1 Å². The van der Waals surface area contributed by atoms with Crippen molar-refractivity contribution < 1.29 is 9.66 Å². The standard InChI is InChI=1S/C20H16Br2N4O3/c1-13-2-4-14(5-3-13)12-29-20-17(21)8-15(9-18(20)22)10-24-25-19-7-6-16(11-23-19)26(27)28/h2-11H,12H2,1H3,(H,23,25)/b24-10+. The Balaban J connectivity index is 1.64. The molecule has 1 aromatic heterocycles. The maximum absolute atomic E-state index is 10.6. The van der Waals surface area contributed by atoms with Crippen molar-refractivity contribution in [1.29, 1.82) is 0 Å². The quantitative estimate of drug-likeness (QED) is 0.240. The molecule has 0 aliphatic heterocycles. The number of aromatic nitrogens is 1. The molecule has 0 atom stereocenters. The van der Waals surface area contributed by atoms with E-state index in [0.717, 1.165) is 20.1 Å². The van der Waals surface area contributed by atoms with Crippen LogP contribution >= 0.6 is 31.9 Å². The second-order valence-corrected chi connectivity index (χ2v) is 7.83. The molecule has 0 aliphatic carbocycles. The Hall–Kier alpha value is -2.78. The number of nitrogens with zero attached hydrogens (tertiary/aromatic N) is 3. The summed E-state index contributed by atoms with van der Waals surface area (Å²) in [5.74, 6) is 1.11. The molecule has 29 heavy (non-hydrogen) atoms. The molecule has 0 amide bonds. The average molecular weight is 520 g/mol. The predicted octanol–water partition coefficient (Wildman–Crippen LogP) is 5.85. The van der Waals surface area contributed by atoms with Crippen molar-refractivity contribution >= 4 is 49.6 Å². The van der Waals surface area contributed by atoms with Crippen LogP contribution in [0.25, 0.3) is 0 Å². The van der Waals surface area contributed by atoms with Crippen LogP contribution in [0.5, 0.6) is 5.75 Å². The van der Waals surface area contributed by atoms with Crippen LogP contribution in [0.15, 0.2) is 68.8 Å². The summed E-state index contributed by atoms with van der Waals surface area (Å²) in [6.07, 6.45) is 2.79. The van der Waals surface area contributed by atoms with Crippen LogP contribution in [0.1, 0.15) is 16.7 Å². The predicted molar refractivity (Wildman–Crippen MR) is 119 cm³/mol. The summed E-state index contributed by atoms with van der Waals surface area (Å²) in [6, 6.07) is 14.8. The Labute approximate surface area is 184 Å². The number of halogens is 2. The first kappa shape index (κ1) is 20.9. The molecule has 3 aromatic rings. The van der Waals surface area contributed by atoms with Crippen LogP contribution in [0.2, 0.25) is 0 Å². The first-order valence-corrected chi connectivity index (χ1v) is 10.1. The minimum Gasteiger partial charge on any atom is -0.487 e. The molecule has 1 N–H and O–H groups in total. The summed E-state index contributed by atoms with van der Waals surface area (Å²) < 4.78 is 7.51. The molecule has 0 bridgehead atoms. The van der Waals surface area contributed by atoms with Gasteiger partial charge in [0, 0.05) is 6.07 Å². The second kappa shape index (κ2) is 9.62. The van der Waals surface area contributed by atoms with E-state index in [4.69, 9.17) is 4.74 Å². The smallest absolute Gasteiger partial charge is 0.287 e. The normalized spacial score (nSPS) is 10.9. The number of pyridine rings is 1. The zero-order valence-electron chi connectivity index (χ0n) is 15.3. The second-order valence-electron chi connectivity index (χ2n) is 6.12. The number of rotatable bonds is 7. The van der Waals surface area contributed by atoms with E-state index in [2.05, 4.69) is 59.5 Å². The van der Waals surface area contributed by atoms with Gasteiger partial charge in [-0.2, -0.15) is 5.10 Å². The van der Waals surface area contributed by atoms with Crippen molar-refractivity contribution in [3.05, 3.63) is 90.5 Å². The van der Waals surface area contributed by atoms with E-state index >= 15 is 0 Å². The van der Waals surface area contributed by atoms with E-state index < -0.39 is 4.92 Å². The average Bonchev–Trinajstić information content (AvgIpc) is 2.69. The molecular weight excluding hydrogens is 504 g/mol. The number of aryl methyl sites for hydroxylation is 1. The fraction of sp³-hybridized carbons (Fsp3) is 0.100. The van der Waals surface area contributed by atoms with Gasteiger partial charge in [0.15, 0.2) is 0 Å². The van der Waals surface area contributed by atoms with Crippen molar-refractivity contribution in [1.82, 2.24) is 4.98 Å². The van der Waals surface area contributed by atoms with E-state index in [1.54, 1.807) is 6.21 Å². The van der Waals surface area contributed by atoms with Crippen LogP contribution < -0.4 is 10.2 Å². The van der Waals surface area contributed by atoms with E-state index in [1.165, 1.54) is 23.9 Å². The largest absolute Gasteiger partial charge is 0.487 e. The van der Waals surface area contributed by atoms with Gasteiger partial charge in [0.2, 0.25) is 0 Å². The summed E-state index contributed by atoms with van der Waals surface area (Å²) in [4.78, 5) is 14.1. The van der Waals surface area contributed by atoms with Gasteiger partial charge in [-0.1, -0.05) is 29.8 Å². The van der Waals surface area contributed by atoms with Crippen LogP contribution in [-0.4, -0.2) is 16.1 Å². The monoisotopic (exact) mass is 518 g/mol. The third-order valence-corrected chi connectivity index (χ3v) is 5.05. The number of benzene rings is 2. The van der Waals surface area contributed by atoms with Crippen molar-refractivity contribution in [3.8, 4) is 5.75 Å². The van der Waals surface area contributed by atoms with Gasteiger partial charge in [-0.25, -0.2) is 4.98 Å². The van der Waals surface area contributed by atoms with E-state index in [0.29, 0.717) is 18.2 Å². The van der Waals surface area contributed by atoms with Crippen molar-refractivity contribution in [3.63, 3.8) is 0 Å². The highest BCUT2D eigenvalue weighted by molar-refractivity contribution is 9.11. The fourth-order valence-corrected chi connectivity index (χ4v) is 3.82. The van der Waals surface area contributed by atoms with Crippen molar-refractivity contribution in [2.75, 3.05) is 5.43 Å². The molecule has 0 spiro atoms. The molecule has 0 radical (unpaired) electrons. The number of nitrogens with one attached hydrogen (secondary N) is 1. The molecule has 0 unspecified atom stereocenters. The number of anilines is 1. The van der Waals surface area contributed by atoms with Gasteiger partial charge in [-0.05, 0) is 68.1 Å². The Bertz CT molecular complexity index is 1020. The summed E-state index contributed by atoms with van der Waals surface area (Å²) in [7, 11) is 0. The highest BCUT2D eigenvalue weighted by Crippen LogP contribution is 2.35. The lowest BCUT2D eigenvalue weighted by molar-refractivity contribution is -0.385. The molecule has 2 aromatic carbocycles. The van der Waals surface area contributed by atoms with E-state index in [1.807, 2.05) is 31.2 Å². The van der Waals surface area contributed by atoms with Gasteiger partial charge in [-0.3, -0.25) is 15.5 Å². The lowest BCUT2D eigenvalue weighted by atomic mass is 10.2. The van der Waals surface area contributed by atoms with Crippen molar-refractivity contribution in [2.45, 2.75) is 13.5 Å². The van der Waals surface area contributed by atoms with Crippen LogP contribution in [0, 0.1) is 17.0 Å². The van der Waals surface area contributed by atoms with Gasteiger partial charge >= 0.3 is 0 Å². The maximum Gasteiger partial charge on any atom is 0.287 e. The number of ether oxygens (including phenoxy) is 1. The summed E-state index contributed by atoms with van der Waals surface area (Å²) in [5, 5.41) is 14.7. The third-order valence-electron chi connectivity index (χ3n) is 3.88. The Morgan fingerprint density at radius 2 is 1.86 bits per heavy atom. The Kier molecular flexibility index (Phi) is 6.95. The van der Waals surface area contributed by atoms with Gasteiger partial charge in [-0.15, -0.1) is 0 Å². The number of nitro groups is 1. The highest BCUT2D eigenvalue weighted by atomic mass is 79.9. The lowest BCUT2D eigenvalue weighted by Crippen LogP contribution is -1.98. The topological polar surface area (TPSA) is 89.6 Å². The van der Waals surface area contributed by atoms with Crippen LogP contribution in [-0.2, 0) is 6.61 Å². The first-order chi connectivity index (χ1) is 13.9. The van der Waals surface area contributed by atoms with Gasteiger partial charge < -0.3 is 4.74 Å². The Morgan fingerprint density at radius 3 is 2.45 bits per heavy atom. The molecule has 0 saturated heterocycles. The number of hydrogen-bond donors (Lipinski definition) is 1. The molecule has 3 rings (SSSR count). The number of hydrazone groups is 1. The molecule has 148 valence electrons. The minimum absolute atomic E-state index is 0.0754. The van der Waals surface area contributed by atoms with E-state index in [9.17, 15) is 10.1 Å². The Morgan fingerprint density at radius 1 is 1.17 bits per heavy atom. The first-order valence-electron chi connectivity index (χ1n) is 8.49. The van der Waals surface area contributed by atoms with Crippen LogP contribution in [0.4, 0.5) is 11.5 Å². The van der Waals surface area contributed by atoms with Crippen LogP contribution in [0.3, 0.4) is 0 Å². The third kappa shape index (κ3) is 5.85. The molecular formula is C20H16Br2N4O3. The number of hydrogen-bond acceptors (Lipinski definition) is 6. The molecule has 0 aliphatic rings. The maximum atomic E-state index is 10.6. The molecule has 9 heteroatoms. The molecule has 7 nitrogen and oxygen atoms in total. The van der Waals surface area contributed by atoms with Gasteiger partial charge in [0.25, 0.3) is 5.69 Å². The highest BCUT2D eigenvalue weighted by Gasteiger charge is 2.09. The molecule has 1 heterocycles. The minimum atomic E-state index is -0.502. The summed E-state index contributed by atoms with van der Waals surface area (Å²) >= 11 is 7.06. The molecule has 0 saturated carbocycles. The zero-order valence-corrected chi connectivity index (χ0v) is 18.5. The summed E-state index contributed by atoms with van der Waals surface area (Å²) in [5.41, 5.74) is 5.77. The summed E-state index contributed by atoms with van der Waals surface area (Å²) in [6.45, 7) is 2.50. The van der Waals surface area contributed by atoms with E-state index in [-0.39, 0.29) is 5.69 Å². The lowest BCUT2D eigenvalue weighted by Gasteiger charge is -2.11. The zero-order chi connectivity index (χ0) is 20.8.